The molecule has 5 heteroatoms. The number of anilines is 1. The Morgan fingerprint density at radius 1 is 0.905 bits per heavy atom. The monoisotopic (exact) mass is 350 g/mol. The molecule has 120 valence electrons. The largest absolute Gasteiger partial charge is 0.369 e. The predicted molar refractivity (Wildman–Crippen MR) is 96.5 cm³/mol. The number of benzene rings is 1. The maximum atomic E-state index is 5.85. The molecule has 1 heterocycles. The van der Waals surface area contributed by atoms with E-state index in [0.29, 0.717) is 11.8 Å². The van der Waals surface area contributed by atoms with Crippen LogP contribution in [-0.4, -0.2) is 42.8 Å². The summed E-state index contributed by atoms with van der Waals surface area (Å²) in [6, 6.07) is 8.86. The zero-order valence-electron chi connectivity index (χ0n) is 12.4. The van der Waals surface area contributed by atoms with E-state index < -0.39 is 0 Å². The van der Waals surface area contributed by atoms with E-state index in [-0.39, 0.29) is 12.4 Å². The molecule has 0 saturated carbocycles. The zero-order chi connectivity index (χ0) is 14.2. The van der Waals surface area contributed by atoms with E-state index >= 15 is 0 Å². The summed E-state index contributed by atoms with van der Waals surface area (Å²) in [5.74, 6) is 1.26. The minimum absolute atomic E-state index is 0. The van der Waals surface area contributed by atoms with Crippen LogP contribution in [0.5, 0.6) is 0 Å². The topological polar surface area (TPSA) is 6.48 Å². The van der Waals surface area contributed by atoms with Crippen molar-refractivity contribution in [3.63, 3.8) is 0 Å². The van der Waals surface area contributed by atoms with Gasteiger partial charge in [-0.3, -0.25) is 4.90 Å². The average molecular weight is 352 g/mol. The van der Waals surface area contributed by atoms with Crippen LogP contribution < -0.4 is 4.90 Å². The molecule has 0 atom stereocenters. The SMILES string of the molecule is Cl.ClCCN(CCCl)c1ccc(CN2CCCCC2)cc1. The second kappa shape index (κ2) is 10.6. The number of halogens is 3. The maximum Gasteiger partial charge on any atom is 0.0399 e. The number of hydrogen-bond acceptors (Lipinski definition) is 2. The van der Waals surface area contributed by atoms with Crippen LogP contribution in [0.25, 0.3) is 0 Å². The summed E-state index contributed by atoms with van der Waals surface area (Å²) in [6.45, 7) is 5.25. The van der Waals surface area contributed by atoms with Gasteiger partial charge in [0, 0.05) is 37.1 Å². The summed E-state index contributed by atoms with van der Waals surface area (Å²) in [5.41, 5.74) is 2.61. The molecule has 21 heavy (non-hydrogen) atoms. The quantitative estimate of drug-likeness (QED) is 0.673. The van der Waals surface area contributed by atoms with Crippen molar-refractivity contribution < 1.29 is 0 Å². The van der Waals surface area contributed by atoms with Crippen molar-refractivity contribution in [1.29, 1.82) is 0 Å². The molecule has 1 aliphatic heterocycles. The molecule has 0 unspecified atom stereocenters. The summed E-state index contributed by atoms with van der Waals surface area (Å²) >= 11 is 11.7. The Labute approximate surface area is 144 Å². The van der Waals surface area contributed by atoms with Crippen molar-refractivity contribution in [3.05, 3.63) is 29.8 Å². The zero-order valence-corrected chi connectivity index (χ0v) is 14.8. The van der Waals surface area contributed by atoms with Gasteiger partial charge in [0.1, 0.15) is 0 Å². The standard InChI is InChI=1S/C16H24Cl2N2.ClH/c17-8-12-20(13-9-18)16-6-4-15(5-7-16)14-19-10-2-1-3-11-19;/h4-7H,1-3,8-14H2;1H. The Balaban J connectivity index is 0.00000220. The van der Waals surface area contributed by atoms with Crippen LogP contribution in [0.2, 0.25) is 0 Å². The highest BCUT2D eigenvalue weighted by Gasteiger charge is 2.11. The first-order chi connectivity index (χ1) is 9.83. The minimum atomic E-state index is 0. The molecule has 2 nitrogen and oxygen atoms in total. The van der Waals surface area contributed by atoms with E-state index in [1.54, 1.807) is 0 Å². The van der Waals surface area contributed by atoms with Crippen molar-refractivity contribution in [2.75, 3.05) is 42.8 Å². The molecule has 1 fully saturated rings. The van der Waals surface area contributed by atoms with Crippen LogP contribution in [0.1, 0.15) is 24.8 Å². The van der Waals surface area contributed by atoms with E-state index in [9.17, 15) is 0 Å². The summed E-state index contributed by atoms with van der Waals surface area (Å²) in [5, 5.41) is 0. The van der Waals surface area contributed by atoms with Crippen molar-refractivity contribution in [2.45, 2.75) is 25.8 Å². The molecule has 1 aromatic rings. The van der Waals surface area contributed by atoms with Gasteiger partial charge in [-0.1, -0.05) is 18.6 Å². The molecule has 0 aliphatic carbocycles. The van der Waals surface area contributed by atoms with E-state index in [1.165, 1.54) is 43.6 Å². The lowest BCUT2D eigenvalue weighted by Crippen LogP contribution is -2.29. The Hall–Kier alpha value is -0.150. The number of piperidine rings is 1. The Kier molecular flexibility index (Phi) is 9.50. The lowest BCUT2D eigenvalue weighted by atomic mass is 10.1. The fraction of sp³-hybridized carbons (Fsp3) is 0.625. The molecule has 1 saturated heterocycles. The second-order valence-corrected chi connectivity index (χ2v) is 6.12. The van der Waals surface area contributed by atoms with Gasteiger partial charge in [-0.15, -0.1) is 35.6 Å². The molecule has 0 N–H and O–H groups in total. The molecule has 0 radical (unpaired) electrons. The van der Waals surface area contributed by atoms with Gasteiger partial charge in [-0.2, -0.15) is 0 Å². The predicted octanol–water partition coefficient (Wildman–Crippen LogP) is 4.38. The van der Waals surface area contributed by atoms with E-state index in [0.717, 1.165) is 19.6 Å². The van der Waals surface area contributed by atoms with E-state index in [2.05, 4.69) is 34.1 Å². The van der Waals surface area contributed by atoms with E-state index in [4.69, 9.17) is 23.2 Å². The molecule has 0 amide bonds. The molecular weight excluding hydrogens is 327 g/mol. The average Bonchev–Trinajstić information content (AvgIpc) is 2.49. The summed E-state index contributed by atoms with van der Waals surface area (Å²) in [7, 11) is 0. The van der Waals surface area contributed by atoms with Crippen LogP contribution in [0.15, 0.2) is 24.3 Å². The summed E-state index contributed by atoms with van der Waals surface area (Å²) in [6.07, 6.45) is 4.08. The number of hydrogen-bond donors (Lipinski definition) is 0. The maximum absolute atomic E-state index is 5.85. The first kappa shape index (κ1) is 18.9. The number of likely N-dealkylation sites (tertiary alicyclic amines) is 1. The van der Waals surface area contributed by atoms with Gasteiger partial charge in [0.2, 0.25) is 0 Å². The first-order valence-electron chi connectivity index (χ1n) is 7.51. The van der Waals surface area contributed by atoms with Gasteiger partial charge in [0.05, 0.1) is 0 Å². The van der Waals surface area contributed by atoms with Crippen molar-refractivity contribution in [2.24, 2.45) is 0 Å². The minimum Gasteiger partial charge on any atom is -0.369 e. The van der Waals surface area contributed by atoms with Crippen LogP contribution >= 0.6 is 35.6 Å². The molecular formula is C16H25Cl3N2. The van der Waals surface area contributed by atoms with Crippen molar-refractivity contribution >= 4 is 41.3 Å². The van der Waals surface area contributed by atoms with Gasteiger partial charge >= 0.3 is 0 Å². The summed E-state index contributed by atoms with van der Waals surface area (Å²) < 4.78 is 0. The lowest BCUT2D eigenvalue weighted by Gasteiger charge is -2.27. The van der Waals surface area contributed by atoms with Gasteiger partial charge in [0.15, 0.2) is 0 Å². The van der Waals surface area contributed by atoms with Crippen LogP contribution in [0, 0.1) is 0 Å². The Morgan fingerprint density at radius 2 is 1.48 bits per heavy atom. The summed E-state index contributed by atoms with van der Waals surface area (Å²) in [4.78, 5) is 4.79. The molecule has 0 bridgehead atoms. The number of nitrogens with zero attached hydrogens (tertiary/aromatic N) is 2. The second-order valence-electron chi connectivity index (χ2n) is 5.37. The van der Waals surface area contributed by atoms with Crippen molar-refractivity contribution in [3.8, 4) is 0 Å². The molecule has 0 aromatic heterocycles. The highest BCUT2D eigenvalue weighted by atomic mass is 35.5. The lowest BCUT2D eigenvalue weighted by molar-refractivity contribution is 0.221. The number of alkyl halides is 2. The smallest absolute Gasteiger partial charge is 0.0399 e. The van der Waals surface area contributed by atoms with Crippen LogP contribution in [0.4, 0.5) is 5.69 Å². The molecule has 1 aliphatic rings. The highest BCUT2D eigenvalue weighted by Crippen LogP contribution is 2.18. The third-order valence-corrected chi connectivity index (χ3v) is 4.20. The van der Waals surface area contributed by atoms with Crippen molar-refractivity contribution in [1.82, 2.24) is 4.90 Å². The molecule has 0 spiro atoms. The fourth-order valence-corrected chi connectivity index (χ4v) is 3.17. The fourth-order valence-electron chi connectivity index (χ4n) is 2.76. The Bertz CT molecular complexity index is 372. The first-order valence-corrected chi connectivity index (χ1v) is 8.58. The third kappa shape index (κ3) is 6.23. The highest BCUT2D eigenvalue weighted by molar-refractivity contribution is 6.18. The van der Waals surface area contributed by atoms with Crippen LogP contribution in [0.3, 0.4) is 0 Å². The van der Waals surface area contributed by atoms with Crippen LogP contribution in [-0.2, 0) is 6.54 Å². The molecule has 2 rings (SSSR count). The van der Waals surface area contributed by atoms with Gasteiger partial charge in [-0.05, 0) is 43.6 Å². The van der Waals surface area contributed by atoms with Gasteiger partial charge < -0.3 is 4.90 Å². The van der Waals surface area contributed by atoms with Gasteiger partial charge in [-0.25, -0.2) is 0 Å². The van der Waals surface area contributed by atoms with E-state index in [1.807, 2.05) is 0 Å². The third-order valence-electron chi connectivity index (χ3n) is 3.87. The normalized spacial score (nSPS) is 15.5. The molecule has 1 aromatic carbocycles. The Morgan fingerprint density at radius 3 is 2.00 bits per heavy atom. The number of rotatable bonds is 7. The van der Waals surface area contributed by atoms with Gasteiger partial charge in [0.25, 0.3) is 0 Å².